The largest absolute Gasteiger partial charge is 0.212 e. The van der Waals surface area contributed by atoms with E-state index >= 15 is 0 Å². The first-order valence-electron chi connectivity index (χ1n) is 3.18. The average molecular weight is 159 g/mol. The van der Waals surface area contributed by atoms with Crippen molar-refractivity contribution in [1.29, 1.82) is 0 Å². The lowest BCUT2D eigenvalue weighted by molar-refractivity contribution is 0.110. The number of allylic oxidation sites excluding steroid dienone is 4. The van der Waals surface area contributed by atoms with Gasteiger partial charge in [-0.15, -0.1) is 4.48 Å². The van der Waals surface area contributed by atoms with E-state index in [1.165, 1.54) is 12.2 Å². The molecule has 0 amide bonds. The predicted molar refractivity (Wildman–Crippen MR) is 42.0 cm³/mol. The highest BCUT2D eigenvalue weighted by Gasteiger charge is 2.03. The van der Waals surface area contributed by atoms with Gasteiger partial charge < -0.3 is 0 Å². The molecule has 0 atom stereocenters. The SMILES string of the molecule is C=C/C(=C(F)\C=C/C)N(C)F. The third-order valence-electron chi connectivity index (χ3n) is 1.08. The molecule has 0 N–H and O–H groups in total. The van der Waals surface area contributed by atoms with E-state index in [1.54, 1.807) is 6.92 Å². The second kappa shape index (κ2) is 4.66. The first-order valence-corrected chi connectivity index (χ1v) is 3.18. The highest BCUT2D eigenvalue weighted by molar-refractivity contribution is 5.24. The van der Waals surface area contributed by atoms with Crippen LogP contribution >= 0.6 is 0 Å². The first kappa shape index (κ1) is 9.88. The molecule has 0 aromatic carbocycles. The van der Waals surface area contributed by atoms with Crippen LogP contribution in [-0.2, 0) is 0 Å². The summed E-state index contributed by atoms with van der Waals surface area (Å²) >= 11 is 0. The normalized spacial score (nSPS) is 13.1. The van der Waals surface area contributed by atoms with E-state index in [0.717, 1.165) is 13.1 Å². The Morgan fingerprint density at radius 3 is 2.36 bits per heavy atom. The summed E-state index contributed by atoms with van der Waals surface area (Å²) < 4.78 is 25.1. The van der Waals surface area contributed by atoms with E-state index in [-0.39, 0.29) is 10.8 Å². The van der Waals surface area contributed by atoms with Crippen molar-refractivity contribution in [2.45, 2.75) is 6.92 Å². The predicted octanol–water partition coefficient (Wildman–Crippen LogP) is 2.75. The van der Waals surface area contributed by atoms with Crippen molar-refractivity contribution >= 4 is 0 Å². The summed E-state index contributed by atoms with van der Waals surface area (Å²) in [6.45, 7) is 4.92. The highest BCUT2D eigenvalue weighted by Crippen LogP contribution is 2.12. The van der Waals surface area contributed by atoms with Gasteiger partial charge in [-0.3, -0.25) is 0 Å². The van der Waals surface area contributed by atoms with Crippen molar-refractivity contribution in [1.82, 2.24) is 5.12 Å². The van der Waals surface area contributed by atoms with Crippen molar-refractivity contribution in [2.75, 3.05) is 7.05 Å². The quantitative estimate of drug-likeness (QED) is 0.452. The number of nitrogens with zero attached hydrogens (tertiary/aromatic N) is 1. The van der Waals surface area contributed by atoms with E-state index in [9.17, 15) is 8.87 Å². The Bertz CT molecular complexity index is 192. The van der Waals surface area contributed by atoms with Crippen LogP contribution in [0.3, 0.4) is 0 Å². The summed E-state index contributed by atoms with van der Waals surface area (Å²) in [7, 11) is 1.11. The number of hydrogen-bond donors (Lipinski definition) is 0. The molecule has 0 spiro atoms. The fourth-order valence-corrected chi connectivity index (χ4v) is 0.602. The van der Waals surface area contributed by atoms with Crippen LogP contribution in [0.5, 0.6) is 0 Å². The standard InChI is InChI=1S/C8H11F2N/c1-4-6-7(9)8(5-2)11(3)10/h4-6H,2H2,1,3H3/b6-4-,8-7-. The van der Waals surface area contributed by atoms with Crippen molar-refractivity contribution in [3.05, 3.63) is 36.3 Å². The second-order valence-corrected chi connectivity index (χ2v) is 1.91. The number of hydrogen-bond acceptors (Lipinski definition) is 1. The maximum atomic E-state index is 12.8. The summed E-state index contributed by atoms with van der Waals surface area (Å²) in [6.07, 6.45) is 3.78. The molecule has 0 heterocycles. The van der Waals surface area contributed by atoms with E-state index in [0.29, 0.717) is 0 Å². The molecule has 0 aromatic rings. The fraction of sp³-hybridized carbons (Fsp3) is 0.250. The molecule has 0 saturated heterocycles. The maximum Gasteiger partial charge on any atom is 0.148 e. The molecule has 0 fully saturated rings. The minimum Gasteiger partial charge on any atom is -0.212 e. The molecule has 0 aromatic heterocycles. The summed E-state index contributed by atoms with van der Waals surface area (Å²) in [5.74, 6) is -0.632. The third-order valence-corrected chi connectivity index (χ3v) is 1.08. The van der Waals surface area contributed by atoms with Crippen LogP contribution in [0.4, 0.5) is 8.87 Å². The molecule has 1 nitrogen and oxygen atoms in total. The second-order valence-electron chi connectivity index (χ2n) is 1.91. The Morgan fingerprint density at radius 2 is 2.09 bits per heavy atom. The van der Waals surface area contributed by atoms with Gasteiger partial charge in [0.2, 0.25) is 0 Å². The monoisotopic (exact) mass is 159 g/mol. The third kappa shape index (κ3) is 2.98. The van der Waals surface area contributed by atoms with Crippen LogP contribution in [0.1, 0.15) is 6.92 Å². The van der Waals surface area contributed by atoms with E-state index in [2.05, 4.69) is 6.58 Å². The zero-order chi connectivity index (χ0) is 8.85. The lowest BCUT2D eigenvalue weighted by Gasteiger charge is -2.07. The van der Waals surface area contributed by atoms with Crippen molar-refractivity contribution in [3.63, 3.8) is 0 Å². The van der Waals surface area contributed by atoms with Crippen molar-refractivity contribution < 1.29 is 8.87 Å². The summed E-state index contributed by atoms with van der Waals surface area (Å²) in [4.78, 5) is 0. The van der Waals surface area contributed by atoms with Gasteiger partial charge in [0, 0.05) is 7.05 Å². The topological polar surface area (TPSA) is 3.24 Å². The molecule has 0 bridgehead atoms. The molecule has 0 radical (unpaired) electrons. The van der Waals surface area contributed by atoms with Gasteiger partial charge in [-0.25, -0.2) is 9.51 Å². The molecule has 3 heteroatoms. The minimum absolute atomic E-state index is 0.164. The Morgan fingerprint density at radius 1 is 1.55 bits per heavy atom. The molecule has 0 saturated carbocycles. The molecule has 0 unspecified atom stereocenters. The summed E-state index contributed by atoms with van der Waals surface area (Å²) in [5, 5.41) is 0.183. The van der Waals surface area contributed by atoms with Crippen molar-refractivity contribution in [3.8, 4) is 0 Å². The van der Waals surface area contributed by atoms with Crippen LogP contribution in [0.25, 0.3) is 0 Å². The van der Waals surface area contributed by atoms with Crippen LogP contribution in [0.2, 0.25) is 0 Å². The summed E-state index contributed by atoms with van der Waals surface area (Å²) in [6, 6.07) is 0. The lowest BCUT2D eigenvalue weighted by Crippen LogP contribution is -2.04. The van der Waals surface area contributed by atoms with Gasteiger partial charge in [-0.1, -0.05) is 12.7 Å². The van der Waals surface area contributed by atoms with Gasteiger partial charge >= 0.3 is 0 Å². The fourth-order valence-electron chi connectivity index (χ4n) is 0.602. The van der Waals surface area contributed by atoms with E-state index < -0.39 is 5.83 Å². The van der Waals surface area contributed by atoms with E-state index in [1.807, 2.05) is 0 Å². The number of rotatable bonds is 3. The molecule has 0 rings (SSSR count). The number of halogens is 2. The van der Waals surface area contributed by atoms with Crippen LogP contribution in [-0.4, -0.2) is 12.2 Å². The smallest absolute Gasteiger partial charge is 0.148 e. The Hall–Kier alpha value is -1.12. The lowest BCUT2D eigenvalue weighted by atomic mass is 10.3. The Labute approximate surface area is 65.3 Å². The van der Waals surface area contributed by atoms with Crippen molar-refractivity contribution in [2.24, 2.45) is 0 Å². The van der Waals surface area contributed by atoms with Crippen LogP contribution in [0.15, 0.2) is 36.3 Å². The molecular weight excluding hydrogens is 148 g/mol. The van der Waals surface area contributed by atoms with Gasteiger partial charge in [0.1, 0.15) is 11.5 Å². The minimum atomic E-state index is -0.632. The number of likely N-dealkylation sites (N-methyl/N-ethyl adjacent to an activating group) is 1. The maximum absolute atomic E-state index is 12.8. The van der Waals surface area contributed by atoms with Crippen LogP contribution < -0.4 is 0 Å². The zero-order valence-electron chi connectivity index (χ0n) is 6.64. The Kier molecular flexibility index (Phi) is 4.18. The van der Waals surface area contributed by atoms with Gasteiger partial charge in [0.05, 0.1) is 0 Å². The molecule has 11 heavy (non-hydrogen) atoms. The van der Waals surface area contributed by atoms with Crippen LogP contribution in [0, 0.1) is 0 Å². The highest BCUT2D eigenvalue weighted by atomic mass is 19.2. The summed E-state index contributed by atoms with van der Waals surface area (Å²) in [5.41, 5.74) is -0.164. The van der Waals surface area contributed by atoms with Gasteiger partial charge in [-0.05, 0) is 19.1 Å². The van der Waals surface area contributed by atoms with E-state index in [4.69, 9.17) is 0 Å². The van der Waals surface area contributed by atoms with Gasteiger partial charge in [-0.2, -0.15) is 0 Å². The first-order chi connectivity index (χ1) is 5.13. The Balaban J connectivity index is 4.67. The average Bonchev–Trinajstić information content (AvgIpc) is 1.88. The zero-order valence-corrected chi connectivity index (χ0v) is 6.64. The molecular formula is C8H11F2N. The molecule has 0 aliphatic rings. The molecule has 0 aliphatic carbocycles. The van der Waals surface area contributed by atoms with Gasteiger partial charge in [0.25, 0.3) is 0 Å². The molecule has 62 valence electrons. The molecule has 0 aliphatic heterocycles. The van der Waals surface area contributed by atoms with Gasteiger partial charge in [0.15, 0.2) is 0 Å².